The number of imide groups is 2. The second-order valence-electron chi connectivity index (χ2n) is 7.43. The third-order valence-corrected chi connectivity index (χ3v) is 5.50. The normalized spacial score (nSPS) is 15.5. The van der Waals surface area contributed by atoms with E-state index < -0.39 is 17.8 Å². The molecule has 1 fully saturated rings. The lowest BCUT2D eigenvalue weighted by atomic mass is 10.1. The Hall–Kier alpha value is -3.64. The number of aromatic nitrogens is 1. The number of barbiturate groups is 1. The molecule has 0 bridgehead atoms. The number of urea groups is 1. The van der Waals surface area contributed by atoms with E-state index in [0.717, 1.165) is 27.5 Å². The van der Waals surface area contributed by atoms with Crippen molar-refractivity contribution >= 4 is 41.2 Å². The Morgan fingerprint density at radius 3 is 2.13 bits per heavy atom. The number of amides is 4. The van der Waals surface area contributed by atoms with Crippen LogP contribution in [0.1, 0.15) is 22.5 Å². The summed E-state index contributed by atoms with van der Waals surface area (Å²) in [6.45, 7) is 5.75. The Kier molecular flexibility index (Phi) is 5.25. The third-order valence-electron chi connectivity index (χ3n) is 5.25. The molecule has 3 aromatic rings. The molecule has 1 N–H and O–H groups in total. The minimum atomic E-state index is -0.761. The molecule has 4 rings (SSSR count). The summed E-state index contributed by atoms with van der Waals surface area (Å²) in [5.74, 6) is -1.37. The number of carbonyl (C=O) groups excluding carboxylic acids is 3. The summed E-state index contributed by atoms with van der Waals surface area (Å²) >= 11 is 6.00. The van der Waals surface area contributed by atoms with Crippen molar-refractivity contribution in [1.29, 1.82) is 0 Å². The van der Waals surface area contributed by atoms with Crippen LogP contribution in [-0.2, 0) is 9.59 Å². The minimum absolute atomic E-state index is 0.100. The van der Waals surface area contributed by atoms with Crippen LogP contribution in [0.4, 0.5) is 10.5 Å². The molecule has 0 radical (unpaired) electrons. The highest BCUT2D eigenvalue weighted by molar-refractivity contribution is 6.39. The summed E-state index contributed by atoms with van der Waals surface area (Å²) in [4.78, 5) is 38.9. The van der Waals surface area contributed by atoms with Crippen molar-refractivity contribution < 1.29 is 14.4 Å². The van der Waals surface area contributed by atoms with Gasteiger partial charge in [-0.05, 0) is 74.9 Å². The fourth-order valence-corrected chi connectivity index (χ4v) is 3.79. The van der Waals surface area contributed by atoms with Crippen molar-refractivity contribution in [3.63, 3.8) is 0 Å². The van der Waals surface area contributed by atoms with Crippen molar-refractivity contribution in [2.75, 3.05) is 4.90 Å². The first-order valence-electron chi connectivity index (χ1n) is 9.69. The fourth-order valence-electron chi connectivity index (χ4n) is 3.66. The standard InChI is InChI=1S/C24H20ClN3O3/c1-14-4-8-20(9-5-14)28-23(30)21(22(29)26-24(28)31)13-17-12-15(2)27(16(17)3)19-10-6-18(25)7-11-19/h4-13H,1-3H3,(H,26,29,31)/b21-13-. The molecular formula is C24H20ClN3O3. The molecule has 1 aliphatic rings. The smallest absolute Gasteiger partial charge is 0.318 e. The molecule has 4 amide bonds. The number of hydrogen-bond acceptors (Lipinski definition) is 3. The highest BCUT2D eigenvalue weighted by Crippen LogP contribution is 2.26. The predicted octanol–water partition coefficient (Wildman–Crippen LogP) is 4.72. The van der Waals surface area contributed by atoms with Gasteiger partial charge in [-0.15, -0.1) is 0 Å². The van der Waals surface area contributed by atoms with Gasteiger partial charge in [0.1, 0.15) is 5.57 Å². The van der Waals surface area contributed by atoms with Gasteiger partial charge in [-0.2, -0.15) is 0 Å². The van der Waals surface area contributed by atoms with Gasteiger partial charge >= 0.3 is 6.03 Å². The summed E-state index contributed by atoms with van der Waals surface area (Å²) in [5.41, 5.74) is 4.71. The number of carbonyl (C=O) groups is 3. The largest absolute Gasteiger partial charge is 0.335 e. The van der Waals surface area contributed by atoms with E-state index in [1.165, 1.54) is 6.08 Å². The maximum atomic E-state index is 13.1. The molecule has 2 aromatic carbocycles. The summed E-state index contributed by atoms with van der Waals surface area (Å²) in [6.07, 6.45) is 1.53. The van der Waals surface area contributed by atoms with E-state index in [9.17, 15) is 14.4 Å². The van der Waals surface area contributed by atoms with Gasteiger partial charge in [-0.25, -0.2) is 9.69 Å². The lowest BCUT2D eigenvalue weighted by Gasteiger charge is -2.26. The predicted molar refractivity (Wildman–Crippen MR) is 120 cm³/mol. The number of aryl methyl sites for hydroxylation is 2. The van der Waals surface area contributed by atoms with Crippen LogP contribution >= 0.6 is 11.6 Å². The van der Waals surface area contributed by atoms with Crippen molar-refractivity contribution in [3.8, 4) is 5.69 Å². The van der Waals surface area contributed by atoms with Gasteiger partial charge in [0, 0.05) is 22.1 Å². The summed E-state index contributed by atoms with van der Waals surface area (Å²) in [5, 5.41) is 2.90. The fraction of sp³-hybridized carbons (Fsp3) is 0.125. The molecule has 1 saturated heterocycles. The molecule has 156 valence electrons. The van der Waals surface area contributed by atoms with Gasteiger partial charge in [-0.3, -0.25) is 14.9 Å². The van der Waals surface area contributed by atoms with Crippen molar-refractivity contribution in [2.45, 2.75) is 20.8 Å². The zero-order valence-corrected chi connectivity index (χ0v) is 18.0. The van der Waals surface area contributed by atoms with E-state index in [0.29, 0.717) is 16.3 Å². The lowest BCUT2D eigenvalue weighted by molar-refractivity contribution is -0.122. The zero-order valence-electron chi connectivity index (χ0n) is 17.3. The molecule has 0 unspecified atom stereocenters. The quantitative estimate of drug-likeness (QED) is 0.479. The minimum Gasteiger partial charge on any atom is -0.318 e. The van der Waals surface area contributed by atoms with Crippen LogP contribution in [0.15, 0.2) is 60.2 Å². The molecule has 1 aliphatic heterocycles. The first kappa shape index (κ1) is 20.6. The number of rotatable bonds is 3. The van der Waals surface area contributed by atoms with E-state index in [-0.39, 0.29) is 5.57 Å². The molecule has 2 heterocycles. The number of anilines is 1. The van der Waals surface area contributed by atoms with Crippen LogP contribution in [0.2, 0.25) is 5.02 Å². The monoisotopic (exact) mass is 433 g/mol. The van der Waals surface area contributed by atoms with Crippen molar-refractivity contribution in [1.82, 2.24) is 9.88 Å². The number of hydrogen-bond donors (Lipinski definition) is 1. The van der Waals surface area contributed by atoms with Crippen LogP contribution < -0.4 is 10.2 Å². The Morgan fingerprint density at radius 2 is 1.48 bits per heavy atom. The number of nitrogens with zero attached hydrogens (tertiary/aromatic N) is 2. The lowest BCUT2D eigenvalue weighted by Crippen LogP contribution is -2.54. The molecule has 31 heavy (non-hydrogen) atoms. The highest BCUT2D eigenvalue weighted by atomic mass is 35.5. The van der Waals surface area contributed by atoms with Gasteiger partial charge in [0.05, 0.1) is 5.69 Å². The Bertz CT molecular complexity index is 1240. The molecule has 1 aromatic heterocycles. The molecule has 0 saturated carbocycles. The Balaban J connectivity index is 1.75. The molecule has 0 atom stereocenters. The highest BCUT2D eigenvalue weighted by Gasteiger charge is 2.37. The average Bonchev–Trinajstić information content (AvgIpc) is 3.00. The summed E-state index contributed by atoms with van der Waals surface area (Å²) < 4.78 is 2.01. The average molecular weight is 434 g/mol. The third kappa shape index (κ3) is 3.78. The van der Waals surface area contributed by atoms with Gasteiger partial charge in [0.25, 0.3) is 11.8 Å². The zero-order chi connectivity index (χ0) is 22.3. The van der Waals surface area contributed by atoms with Gasteiger partial charge in [0.15, 0.2) is 0 Å². The van der Waals surface area contributed by atoms with E-state index in [1.54, 1.807) is 36.4 Å². The number of benzene rings is 2. The Morgan fingerprint density at radius 1 is 0.871 bits per heavy atom. The second kappa shape index (κ2) is 7.89. The number of nitrogens with one attached hydrogen (secondary N) is 1. The van der Waals surface area contributed by atoms with Gasteiger partial charge in [0.2, 0.25) is 0 Å². The van der Waals surface area contributed by atoms with Crippen LogP contribution in [0, 0.1) is 20.8 Å². The van der Waals surface area contributed by atoms with Gasteiger partial charge in [-0.1, -0.05) is 29.3 Å². The SMILES string of the molecule is Cc1ccc(N2C(=O)NC(=O)/C(=C/c3cc(C)n(-c4ccc(Cl)cc4)c3C)C2=O)cc1. The molecule has 7 heteroatoms. The second-order valence-corrected chi connectivity index (χ2v) is 7.87. The van der Waals surface area contributed by atoms with E-state index >= 15 is 0 Å². The summed E-state index contributed by atoms with van der Waals surface area (Å²) in [6, 6.07) is 15.5. The maximum Gasteiger partial charge on any atom is 0.335 e. The van der Waals surface area contributed by atoms with E-state index in [2.05, 4.69) is 5.32 Å². The van der Waals surface area contributed by atoms with Crippen LogP contribution in [0.25, 0.3) is 11.8 Å². The summed E-state index contributed by atoms with van der Waals surface area (Å²) in [7, 11) is 0. The molecular weight excluding hydrogens is 414 g/mol. The van der Waals surface area contributed by atoms with Crippen LogP contribution in [0.5, 0.6) is 0 Å². The topological polar surface area (TPSA) is 71.4 Å². The molecule has 6 nitrogen and oxygen atoms in total. The number of halogens is 1. The van der Waals surface area contributed by atoms with Crippen LogP contribution in [-0.4, -0.2) is 22.4 Å². The first-order valence-corrected chi connectivity index (χ1v) is 10.1. The first-order chi connectivity index (χ1) is 14.8. The van der Waals surface area contributed by atoms with E-state index in [4.69, 9.17) is 11.6 Å². The molecule has 0 aliphatic carbocycles. The van der Waals surface area contributed by atoms with E-state index in [1.807, 2.05) is 43.5 Å². The maximum absolute atomic E-state index is 13.1. The van der Waals surface area contributed by atoms with Crippen LogP contribution in [0.3, 0.4) is 0 Å². The molecule has 0 spiro atoms. The van der Waals surface area contributed by atoms with Gasteiger partial charge < -0.3 is 4.57 Å². The van der Waals surface area contributed by atoms with Crippen molar-refractivity contribution in [3.05, 3.63) is 87.7 Å². The Labute approximate surface area is 184 Å². The van der Waals surface area contributed by atoms with Crippen molar-refractivity contribution in [2.24, 2.45) is 0 Å².